The number of rotatable bonds is 6. The summed E-state index contributed by atoms with van der Waals surface area (Å²) in [4.78, 5) is 24.0. The van der Waals surface area contributed by atoms with Crippen LogP contribution in [0.5, 0.6) is 5.75 Å². The minimum Gasteiger partial charge on any atom is -0.508 e. The van der Waals surface area contributed by atoms with Crippen molar-refractivity contribution in [2.45, 2.75) is 19.4 Å². The molecule has 5 heteroatoms. The third kappa shape index (κ3) is 5.80. The first-order valence-corrected chi connectivity index (χ1v) is 7.89. The lowest BCUT2D eigenvalue weighted by atomic mass is 10.1. The van der Waals surface area contributed by atoms with E-state index < -0.39 is 12.0 Å². The Kier molecular flexibility index (Phi) is 6.34. The van der Waals surface area contributed by atoms with Crippen LogP contribution < -0.4 is 5.32 Å². The van der Waals surface area contributed by atoms with Crippen molar-refractivity contribution in [3.8, 4) is 5.75 Å². The van der Waals surface area contributed by atoms with Gasteiger partial charge in [0.2, 0.25) is 5.91 Å². The van der Waals surface area contributed by atoms with Crippen LogP contribution in [0.25, 0.3) is 6.08 Å². The first-order valence-electron chi connectivity index (χ1n) is 7.89. The highest BCUT2D eigenvalue weighted by Gasteiger charge is 2.21. The van der Waals surface area contributed by atoms with Gasteiger partial charge in [0.1, 0.15) is 11.8 Å². The fourth-order valence-electron chi connectivity index (χ4n) is 2.27. The third-order valence-electron chi connectivity index (χ3n) is 3.68. The minimum absolute atomic E-state index is 0.142. The van der Waals surface area contributed by atoms with Crippen LogP contribution in [0.4, 0.5) is 0 Å². The standard InChI is InChI=1S/C20H21NO4/c1-14-3-5-15(6-4-14)9-12-19(23)21-18(20(24)25-2)13-16-7-10-17(22)11-8-16/h3-12,18,22H,13H2,1-2H3,(H,21,23)/b12-9+/t18-/m0/s1. The predicted molar refractivity (Wildman–Crippen MR) is 96.0 cm³/mol. The number of hydrogen-bond donors (Lipinski definition) is 2. The van der Waals surface area contributed by atoms with Gasteiger partial charge in [0.25, 0.3) is 0 Å². The van der Waals surface area contributed by atoms with E-state index in [-0.39, 0.29) is 18.1 Å². The molecule has 1 amide bonds. The molecule has 0 aromatic heterocycles. The van der Waals surface area contributed by atoms with Gasteiger partial charge >= 0.3 is 5.97 Å². The lowest BCUT2D eigenvalue weighted by Gasteiger charge is -2.15. The Morgan fingerprint density at radius 2 is 1.76 bits per heavy atom. The average Bonchev–Trinajstić information content (AvgIpc) is 2.62. The summed E-state index contributed by atoms with van der Waals surface area (Å²) in [6.45, 7) is 1.99. The SMILES string of the molecule is COC(=O)[C@H](Cc1ccc(O)cc1)NC(=O)/C=C/c1ccc(C)cc1. The van der Waals surface area contributed by atoms with Crippen LogP contribution in [0.3, 0.4) is 0 Å². The number of aryl methyl sites for hydroxylation is 1. The highest BCUT2D eigenvalue weighted by molar-refractivity contribution is 5.94. The summed E-state index contributed by atoms with van der Waals surface area (Å²) in [5.74, 6) is -0.761. The van der Waals surface area contributed by atoms with Gasteiger partial charge in [-0.2, -0.15) is 0 Å². The van der Waals surface area contributed by atoms with Gasteiger partial charge in [-0.15, -0.1) is 0 Å². The number of benzene rings is 2. The molecule has 0 saturated carbocycles. The van der Waals surface area contributed by atoms with Gasteiger partial charge in [-0.1, -0.05) is 42.0 Å². The number of carbonyl (C=O) groups is 2. The molecule has 0 aliphatic heterocycles. The molecule has 25 heavy (non-hydrogen) atoms. The van der Waals surface area contributed by atoms with Crippen LogP contribution in [-0.4, -0.2) is 30.1 Å². The lowest BCUT2D eigenvalue weighted by Crippen LogP contribution is -2.42. The maximum absolute atomic E-state index is 12.1. The van der Waals surface area contributed by atoms with E-state index in [2.05, 4.69) is 5.32 Å². The van der Waals surface area contributed by atoms with Crippen molar-refractivity contribution in [1.29, 1.82) is 0 Å². The van der Waals surface area contributed by atoms with Gasteiger partial charge in [0.15, 0.2) is 0 Å². The fraction of sp³-hybridized carbons (Fsp3) is 0.200. The number of amides is 1. The van der Waals surface area contributed by atoms with Gasteiger partial charge in [-0.25, -0.2) is 4.79 Å². The molecule has 0 bridgehead atoms. The maximum atomic E-state index is 12.1. The van der Waals surface area contributed by atoms with E-state index in [1.807, 2.05) is 31.2 Å². The van der Waals surface area contributed by atoms with Crippen molar-refractivity contribution < 1.29 is 19.4 Å². The van der Waals surface area contributed by atoms with Crippen molar-refractivity contribution in [3.05, 3.63) is 71.3 Å². The van der Waals surface area contributed by atoms with Crippen molar-refractivity contribution in [2.75, 3.05) is 7.11 Å². The number of phenolic OH excluding ortho intramolecular Hbond substituents is 1. The predicted octanol–water partition coefficient (Wildman–Crippen LogP) is 2.61. The van der Waals surface area contributed by atoms with Crippen molar-refractivity contribution in [3.63, 3.8) is 0 Å². The zero-order valence-corrected chi connectivity index (χ0v) is 14.2. The summed E-state index contributed by atoms with van der Waals surface area (Å²) in [6, 6.07) is 13.4. The molecule has 0 aliphatic carbocycles. The van der Waals surface area contributed by atoms with Crippen LogP contribution >= 0.6 is 0 Å². The molecule has 2 aromatic rings. The molecule has 1 atom stereocenters. The molecule has 0 aliphatic rings. The van der Waals surface area contributed by atoms with E-state index >= 15 is 0 Å². The number of hydrogen-bond acceptors (Lipinski definition) is 4. The highest BCUT2D eigenvalue weighted by Crippen LogP contribution is 2.12. The monoisotopic (exact) mass is 339 g/mol. The second kappa shape index (κ2) is 8.68. The smallest absolute Gasteiger partial charge is 0.328 e. The Morgan fingerprint density at radius 3 is 2.36 bits per heavy atom. The first-order chi connectivity index (χ1) is 12.0. The molecule has 2 aromatic carbocycles. The Morgan fingerprint density at radius 1 is 1.12 bits per heavy atom. The zero-order valence-electron chi connectivity index (χ0n) is 14.2. The van der Waals surface area contributed by atoms with E-state index in [4.69, 9.17) is 4.74 Å². The Bertz CT molecular complexity index is 748. The molecule has 130 valence electrons. The first kappa shape index (κ1) is 18.3. The molecule has 2 N–H and O–H groups in total. The summed E-state index contributed by atoms with van der Waals surface area (Å²) in [6.07, 6.45) is 3.35. The summed E-state index contributed by atoms with van der Waals surface area (Å²) < 4.78 is 4.76. The second-order valence-electron chi connectivity index (χ2n) is 5.70. The molecule has 0 saturated heterocycles. The maximum Gasteiger partial charge on any atom is 0.328 e. The number of carbonyl (C=O) groups excluding carboxylic acids is 2. The van der Waals surface area contributed by atoms with Gasteiger partial charge in [0.05, 0.1) is 7.11 Å². The number of aromatic hydroxyl groups is 1. The molecular formula is C20H21NO4. The van der Waals surface area contributed by atoms with Gasteiger partial charge in [0, 0.05) is 12.5 Å². The molecule has 0 unspecified atom stereocenters. The van der Waals surface area contributed by atoms with Crippen molar-refractivity contribution in [1.82, 2.24) is 5.32 Å². The normalized spacial score (nSPS) is 11.9. The number of phenols is 1. The number of esters is 1. The molecule has 5 nitrogen and oxygen atoms in total. The van der Waals surface area contributed by atoms with E-state index in [0.717, 1.165) is 16.7 Å². The third-order valence-corrected chi connectivity index (χ3v) is 3.68. The van der Waals surface area contributed by atoms with E-state index in [1.54, 1.807) is 18.2 Å². The van der Waals surface area contributed by atoms with Gasteiger partial charge in [-0.3, -0.25) is 4.79 Å². The summed E-state index contributed by atoms with van der Waals surface area (Å²) >= 11 is 0. The van der Waals surface area contributed by atoms with Crippen LogP contribution in [0.1, 0.15) is 16.7 Å². The molecule has 0 radical (unpaired) electrons. The van der Waals surface area contributed by atoms with E-state index in [1.165, 1.54) is 25.3 Å². The second-order valence-corrected chi connectivity index (χ2v) is 5.70. The van der Waals surface area contributed by atoms with E-state index in [9.17, 15) is 14.7 Å². The van der Waals surface area contributed by atoms with Gasteiger partial charge in [-0.05, 0) is 36.3 Å². The fourth-order valence-corrected chi connectivity index (χ4v) is 2.27. The van der Waals surface area contributed by atoms with Crippen LogP contribution in [-0.2, 0) is 20.7 Å². The largest absolute Gasteiger partial charge is 0.508 e. The van der Waals surface area contributed by atoms with Crippen LogP contribution in [0.2, 0.25) is 0 Å². The van der Waals surface area contributed by atoms with Gasteiger partial charge < -0.3 is 15.2 Å². The quantitative estimate of drug-likeness (QED) is 0.627. The average molecular weight is 339 g/mol. The summed E-state index contributed by atoms with van der Waals surface area (Å²) in [5.41, 5.74) is 2.84. The van der Waals surface area contributed by atoms with E-state index in [0.29, 0.717) is 0 Å². The van der Waals surface area contributed by atoms with Crippen molar-refractivity contribution in [2.24, 2.45) is 0 Å². The molecule has 2 rings (SSSR count). The van der Waals surface area contributed by atoms with Crippen LogP contribution in [0, 0.1) is 6.92 Å². The number of methoxy groups -OCH3 is 1. The van der Waals surface area contributed by atoms with Crippen molar-refractivity contribution >= 4 is 18.0 Å². The molecule has 0 heterocycles. The zero-order chi connectivity index (χ0) is 18.2. The Labute approximate surface area is 146 Å². The summed E-state index contributed by atoms with van der Waals surface area (Å²) in [7, 11) is 1.28. The molecule has 0 fully saturated rings. The number of ether oxygens (including phenoxy) is 1. The number of nitrogens with one attached hydrogen (secondary N) is 1. The minimum atomic E-state index is -0.801. The Hall–Kier alpha value is -3.08. The lowest BCUT2D eigenvalue weighted by molar-refractivity contribution is -0.144. The molecule has 0 spiro atoms. The van der Waals surface area contributed by atoms with Crippen LogP contribution in [0.15, 0.2) is 54.6 Å². The Balaban J connectivity index is 2.02. The topological polar surface area (TPSA) is 75.6 Å². The highest BCUT2D eigenvalue weighted by atomic mass is 16.5. The molecular weight excluding hydrogens is 318 g/mol. The summed E-state index contributed by atoms with van der Waals surface area (Å²) in [5, 5.41) is 12.0.